The van der Waals surface area contributed by atoms with Crippen molar-refractivity contribution >= 4 is 11.7 Å². The number of rotatable bonds is 7. The van der Waals surface area contributed by atoms with Crippen LogP contribution in [0, 0.1) is 11.3 Å². The van der Waals surface area contributed by atoms with E-state index in [1.54, 1.807) is 0 Å². The molecule has 1 heterocycles. The van der Waals surface area contributed by atoms with E-state index >= 15 is 0 Å². The van der Waals surface area contributed by atoms with Gasteiger partial charge < -0.3 is 20.1 Å². The minimum absolute atomic E-state index is 0.000688. The summed E-state index contributed by atoms with van der Waals surface area (Å²) in [4.78, 5) is 13.0. The monoisotopic (exact) mass is 444 g/mol. The molecular weight excluding hydrogens is 400 g/mol. The topological polar surface area (TPSA) is 59.6 Å². The predicted octanol–water partition coefficient (Wildman–Crippen LogP) is 6.79. The Morgan fingerprint density at radius 3 is 2.09 bits per heavy atom. The summed E-state index contributed by atoms with van der Waals surface area (Å²) in [5.41, 5.74) is 3.26. The van der Waals surface area contributed by atoms with Crippen LogP contribution >= 0.6 is 0 Å². The van der Waals surface area contributed by atoms with Crippen LogP contribution in [-0.2, 0) is 9.47 Å². The number of benzene rings is 1. The molecule has 5 nitrogen and oxygen atoms in total. The molecule has 0 radical (unpaired) electrons. The van der Waals surface area contributed by atoms with Gasteiger partial charge in [-0.1, -0.05) is 91.8 Å². The predicted molar refractivity (Wildman–Crippen MR) is 131 cm³/mol. The van der Waals surface area contributed by atoms with Gasteiger partial charge >= 0.3 is 6.03 Å². The van der Waals surface area contributed by atoms with E-state index in [0.717, 1.165) is 23.2 Å². The number of amides is 2. The number of urea groups is 1. The maximum Gasteiger partial charge on any atom is 0.319 e. The van der Waals surface area contributed by atoms with Crippen LogP contribution in [0.5, 0.6) is 0 Å². The SMILES string of the molecule is CC(C)c1cccc(C(C)C)c1NC(=O)NCC1(CC2CCCCC2)OCC(C)(C)CO1. The van der Waals surface area contributed by atoms with Crippen LogP contribution < -0.4 is 10.6 Å². The number of carbonyl (C=O) groups is 1. The molecule has 2 amide bonds. The standard InChI is InChI=1S/C27H44N2O3/c1-19(2)22-13-10-14-23(20(3)4)24(22)29-25(30)28-16-27(15-21-11-8-7-9-12-21)31-17-26(5,6)18-32-27/h10,13-14,19-21H,7-9,11-12,15-18H2,1-6H3,(H2,28,29,30). The van der Waals surface area contributed by atoms with E-state index in [1.165, 1.54) is 32.1 Å². The summed E-state index contributed by atoms with van der Waals surface area (Å²) >= 11 is 0. The average molecular weight is 445 g/mol. The summed E-state index contributed by atoms with van der Waals surface area (Å²) < 4.78 is 12.7. The second-order valence-electron chi connectivity index (χ2n) is 11.3. The van der Waals surface area contributed by atoms with Crippen molar-refractivity contribution in [3.63, 3.8) is 0 Å². The number of hydrogen-bond acceptors (Lipinski definition) is 3. The fourth-order valence-electron chi connectivity index (χ4n) is 4.93. The molecule has 32 heavy (non-hydrogen) atoms. The van der Waals surface area contributed by atoms with Crippen LogP contribution in [-0.4, -0.2) is 31.6 Å². The van der Waals surface area contributed by atoms with Crippen molar-refractivity contribution in [2.45, 2.75) is 97.7 Å². The van der Waals surface area contributed by atoms with E-state index in [0.29, 0.717) is 37.5 Å². The molecule has 1 saturated heterocycles. The molecule has 3 rings (SSSR count). The first-order chi connectivity index (χ1) is 15.1. The lowest BCUT2D eigenvalue weighted by Gasteiger charge is -2.45. The number of nitrogens with one attached hydrogen (secondary N) is 2. The molecule has 2 fully saturated rings. The number of para-hydroxylation sites is 1. The van der Waals surface area contributed by atoms with Crippen molar-refractivity contribution in [1.29, 1.82) is 0 Å². The van der Waals surface area contributed by atoms with E-state index in [1.807, 2.05) is 0 Å². The van der Waals surface area contributed by atoms with Gasteiger partial charge in [-0.05, 0) is 28.9 Å². The first-order valence-electron chi connectivity index (χ1n) is 12.6. The van der Waals surface area contributed by atoms with Crippen LogP contribution in [0.3, 0.4) is 0 Å². The Bertz CT molecular complexity index is 730. The third-order valence-electron chi connectivity index (χ3n) is 6.91. The van der Waals surface area contributed by atoms with E-state index < -0.39 is 5.79 Å². The molecule has 2 aliphatic rings. The van der Waals surface area contributed by atoms with Crippen molar-refractivity contribution in [2.75, 3.05) is 25.1 Å². The summed E-state index contributed by atoms with van der Waals surface area (Å²) in [6.45, 7) is 14.6. The van der Waals surface area contributed by atoms with Crippen LogP contribution in [0.2, 0.25) is 0 Å². The Labute approximate surface area is 195 Å². The first kappa shape index (κ1) is 25.0. The minimum Gasteiger partial charge on any atom is -0.348 e. The maximum absolute atomic E-state index is 13.0. The number of carbonyl (C=O) groups excluding carboxylic acids is 1. The van der Waals surface area contributed by atoms with E-state index in [9.17, 15) is 4.79 Å². The molecular formula is C27H44N2O3. The second-order valence-corrected chi connectivity index (χ2v) is 11.3. The van der Waals surface area contributed by atoms with Gasteiger partial charge in [0.2, 0.25) is 0 Å². The quantitative estimate of drug-likeness (QED) is 0.486. The number of hydrogen-bond donors (Lipinski definition) is 2. The van der Waals surface area contributed by atoms with Crippen molar-refractivity contribution in [3.8, 4) is 0 Å². The maximum atomic E-state index is 13.0. The molecule has 5 heteroatoms. The van der Waals surface area contributed by atoms with Gasteiger partial charge in [0.05, 0.1) is 19.8 Å². The molecule has 0 aromatic heterocycles. The molecule has 0 spiro atoms. The molecule has 1 aliphatic heterocycles. The van der Waals surface area contributed by atoms with Crippen molar-refractivity contribution in [2.24, 2.45) is 11.3 Å². The van der Waals surface area contributed by atoms with E-state index in [-0.39, 0.29) is 11.4 Å². The molecule has 1 saturated carbocycles. The van der Waals surface area contributed by atoms with E-state index in [2.05, 4.69) is 70.4 Å². The zero-order valence-corrected chi connectivity index (χ0v) is 21.1. The fraction of sp³-hybridized carbons (Fsp3) is 0.741. The molecule has 0 atom stereocenters. The van der Waals surface area contributed by atoms with Crippen LogP contribution in [0.4, 0.5) is 10.5 Å². The van der Waals surface area contributed by atoms with Crippen LogP contribution in [0.1, 0.15) is 103 Å². The highest BCUT2D eigenvalue weighted by molar-refractivity contribution is 5.91. The molecule has 1 aromatic rings. The largest absolute Gasteiger partial charge is 0.348 e. The highest BCUT2D eigenvalue weighted by Gasteiger charge is 2.42. The Morgan fingerprint density at radius 2 is 1.56 bits per heavy atom. The van der Waals surface area contributed by atoms with Gasteiger partial charge in [-0.25, -0.2) is 4.79 Å². The highest BCUT2D eigenvalue weighted by atomic mass is 16.7. The van der Waals surface area contributed by atoms with Gasteiger partial charge in [-0.2, -0.15) is 0 Å². The summed E-state index contributed by atoms with van der Waals surface area (Å²) in [6, 6.07) is 6.09. The second kappa shape index (κ2) is 10.6. The lowest BCUT2D eigenvalue weighted by atomic mass is 9.83. The molecule has 1 aromatic carbocycles. The zero-order chi connectivity index (χ0) is 23.4. The summed E-state index contributed by atoms with van der Waals surface area (Å²) in [6.07, 6.45) is 7.19. The molecule has 180 valence electrons. The molecule has 1 aliphatic carbocycles. The van der Waals surface area contributed by atoms with Crippen molar-refractivity contribution < 1.29 is 14.3 Å². The molecule has 2 N–H and O–H groups in total. The first-order valence-corrected chi connectivity index (χ1v) is 12.6. The van der Waals surface area contributed by atoms with Gasteiger partial charge in [-0.3, -0.25) is 0 Å². The van der Waals surface area contributed by atoms with Crippen molar-refractivity contribution in [1.82, 2.24) is 5.32 Å². The van der Waals surface area contributed by atoms with Gasteiger partial charge in [0.15, 0.2) is 5.79 Å². The van der Waals surface area contributed by atoms with Gasteiger partial charge in [0.1, 0.15) is 0 Å². The van der Waals surface area contributed by atoms with Crippen molar-refractivity contribution in [3.05, 3.63) is 29.3 Å². The Balaban J connectivity index is 1.70. The highest BCUT2D eigenvalue weighted by Crippen LogP contribution is 2.38. The Kier molecular flexibility index (Phi) is 8.26. The zero-order valence-electron chi connectivity index (χ0n) is 21.1. The smallest absolute Gasteiger partial charge is 0.319 e. The van der Waals surface area contributed by atoms with Gasteiger partial charge in [0.25, 0.3) is 0 Å². The van der Waals surface area contributed by atoms with Crippen LogP contribution in [0.25, 0.3) is 0 Å². The van der Waals surface area contributed by atoms with Gasteiger partial charge in [-0.15, -0.1) is 0 Å². The number of anilines is 1. The summed E-state index contributed by atoms with van der Waals surface area (Å²) in [7, 11) is 0. The lowest BCUT2D eigenvalue weighted by Crippen LogP contribution is -2.55. The summed E-state index contributed by atoms with van der Waals surface area (Å²) in [5.74, 6) is 0.527. The van der Waals surface area contributed by atoms with Crippen LogP contribution in [0.15, 0.2) is 18.2 Å². The average Bonchev–Trinajstić information content (AvgIpc) is 2.75. The lowest BCUT2D eigenvalue weighted by molar-refractivity contribution is -0.302. The molecule has 0 unspecified atom stereocenters. The third kappa shape index (κ3) is 6.48. The minimum atomic E-state index is -0.729. The Morgan fingerprint density at radius 1 is 1.00 bits per heavy atom. The third-order valence-corrected chi connectivity index (χ3v) is 6.91. The number of ether oxygens (including phenoxy) is 2. The Hall–Kier alpha value is -1.59. The van der Waals surface area contributed by atoms with Gasteiger partial charge in [0, 0.05) is 17.5 Å². The van der Waals surface area contributed by atoms with E-state index in [4.69, 9.17) is 9.47 Å². The summed E-state index contributed by atoms with van der Waals surface area (Å²) in [5, 5.41) is 6.25. The molecule has 0 bridgehead atoms. The fourth-order valence-corrected chi connectivity index (χ4v) is 4.93. The normalized spacial score (nSPS) is 21.0.